The lowest BCUT2D eigenvalue weighted by atomic mass is 10.0. The van der Waals surface area contributed by atoms with Crippen molar-refractivity contribution in [2.45, 2.75) is 6.92 Å². The molecule has 0 unspecified atom stereocenters. The van der Waals surface area contributed by atoms with E-state index >= 15 is 0 Å². The highest BCUT2D eigenvalue weighted by Crippen LogP contribution is 2.35. The van der Waals surface area contributed by atoms with Crippen LogP contribution in [0.15, 0.2) is 36.2 Å². The van der Waals surface area contributed by atoms with Gasteiger partial charge in [-0.25, -0.2) is 9.97 Å². The van der Waals surface area contributed by atoms with E-state index in [1.54, 1.807) is 17.8 Å². The fraction of sp³-hybridized carbons (Fsp3) is 0.158. The van der Waals surface area contributed by atoms with Crippen LogP contribution in [-0.4, -0.2) is 35.0 Å². The van der Waals surface area contributed by atoms with E-state index in [0.29, 0.717) is 16.9 Å². The second kappa shape index (κ2) is 6.48. The van der Waals surface area contributed by atoms with Crippen LogP contribution in [-0.2, 0) is 0 Å². The van der Waals surface area contributed by atoms with E-state index in [2.05, 4.69) is 20.3 Å². The number of nitrogens with two attached hydrogens (primary N) is 1. The number of pyridine rings is 1. The van der Waals surface area contributed by atoms with Crippen molar-refractivity contribution in [2.24, 2.45) is 0 Å². The third-order valence-electron chi connectivity index (χ3n) is 4.46. The van der Waals surface area contributed by atoms with E-state index in [9.17, 15) is 4.79 Å². The molecule has 0 aliphatic rings. The largest absolute Gasteiger partial charge is 0.382 e. The van der Waals surface area contributed by atoms with Gasteiger partial charge in [-0.15, -0.1) is 11.3 Å². The molecule has 1 aromatic carbocycles. The Morgan fingerprint density at radius 2 is 2.04 bits per heavy atom. The van der Waals surface area contributed by atoms with Gasteiger partial charge in [-0.3, -0.25) is 9.78 Å². The Bertz CT molecular complexity index is 1180. The average molecular weight is 378 g/mol. The molecule has 0 fully saturated rings. The lowest BCUT2D eigenvalue weighted by Gasteiger charge is -2.19. The fourth-order valence-corrected chi connectivity index (χ4v) is 3.97. The Kier molecular flexibility index (Phi) is 4.12. The normalized spacial score (nSPS) is 11.1. The summed E-state index contributed by atoms with van der Waals surface area (Å²) in [6.07, 6.45) is 4.97. The molecule has 3 heterocycles. The Morgan fingerprint density at radius 1 is 1.22 bits per heavy atom. The van der Waals surface area contributed by atoms with Gasteiger partial charge >= 0.3 is 0 Å². The maximum Gasteiger partial charge on any atom is 0.258 e. The summed E-state index contributed by atoms with van der Waals surface area (Å²) in [5.41, 5.74) is 9.62. The maximum atomic E-state index is 13.0. The zero-order valence-corrected chi connectivity index (χ0v) is 16.0. The van der Waals surface area contributed by atoms with Crippen LogP contribution in [0.1, 0.15) is 15.9 Å². The topological polar surface area (TPSA) is 97.0 Å². The van der Waals surface area contributed by atoms with Crippen LogP contribution < -0.4 is 16.0 Å². The minimum Gasteiger partial charge on any atom is -0.382 e. The number of carbonyl (C=O) groups is 1. The molecule has 0 bridgehead atoms. The summed E-state index contributed by atoms with van der Waals surface area (Å²) in [6, 6.07) is 3.99. The van der Waals surface area contributed by atoms with Crippen LogP contribution in [0.25, 0.3) is 21.0 Å². The van der Waals surface area contributed by atoms with E-state index in [0.717, 1.165) is 32.4 Å². The first kappa shape index (κ1) is 17.2. The maximum absolute atomic E-state index is 13.0. The van der Waals surface area contributed by atoms with Gasteiger partial charge in [-0.1, -0.05) is 12.1 Å². The molecular weight excluding hydrogens is 360 g/mol. The molecule has 8 heteroatoms. The highest BCUT2D eigenvalue weighted by molar-refractivity contribution is 7.18. The van der Waals surface area contributed by atoms with Crippen molar-refractivity contribution in [2.75, 3.05) is 30.0 Å². The first-order valence-electron chi connectivity index (χ1n) is 8.31. The first-order valence-corrected chi connectivity index (χ1v) is 9.19. The Balaban J connectivity index is 1.84. The number of amides is 1. The average Bonchev–Trinajstić information content (AvgIpc) is 3.09. The molecular formula is C19H18N6OS. The van der Waals surface area contributed by atoms with Gasteiger partial charge in [0.25, 0.3) is 5.91 Å². The quantitative estimate of drug-likeness (QED) is 0.567. The van der Waals surface area contributed by atoms with Crippen LogP contribution in [0.5, 0.6) is 0 Å². The highest BCUT2D eigenvalue weighted by Gasteiger charge is 2.19. The van der Waals surface area contributed by atoms with Gasteiger partial charge in [-0.2, -0.15) is 0 Å². The van der Waals surface area contributed by atoms with Crippen molar-refractivity contribution in [3.05, 3.63) is 47.4 Å². The number of fused-ring (bicyclic) bond motifs is 2. The molecule has 3 N–H and O–H groups in total. The molecule has 0 spiro atoms. The summed E-state index contributed by atoms with van der Waals surface area (Å²) in [6.45, 7) is 1.97. The summed E-state index contributed by atoms with van der Waals surface area (Å²) in [5, 5.41) is 6.76. The van der Waals surface area contributed by atoms with Crippen LogP contribution in [0, 0.1) is 6.92 Å². The van der Waals surface area contributed by atoms with E-state index < -0.39 is 0 Å². The molecule has 4 rings (SSSR count). The van der Waals surface area contributed by atoms with Crippen molar-refractivity contribution in [1.29, 1.82) is 0 Å². The second-order valence-electron chi connectivity index (χ2n) is 6.45. The van der Waals surface area contributed by atoms with E-state index in [1.165, 1.54) is 17.7 Å². The van der Waals surface area contributed by atoms with Crippen molar-refractivity contribution < 1.29 is 4.79 Å². The van der Waals surface area contributed by atoms with Gasteiger partial charge in [0.15, 0.2) is 0 Å². The van der Waals surface area contributed by atoms with Crippen LogP contribution in [0.4, 0.5) is 17.2 Å². The zero-order chi connectivity index (χ0) is 19.1. The smallest absolute Gasteiger partial charge is 0.258 e. The number of aryl methyl sites for hydroxylation is 1. The molecule has 4 aromatic rings. The van der Waals surface area contributed by atoms with E-state index in [-0.39, 0.29) is 5.91 Å². The minimum absolute atomic E-state index is 0.225. The number of rotatable bonds is 3. The zero-order valence-electron chi connectivity index (χ0n) is 15.1. The number of nitrogens with zero attached hydrogens (tertiary/aromatic N) is 4. The van der Waals surface area contributed by atoms with Gasteiger partial charge in [0.05, 0.1) is 33.4 Å². The Labute approximate surface area is 159 Å². The van der Waals surface area contributed by atoms with Crippen LogP contribution in [0.3, 0.4) is 0 Å². The number of nitrogen functional groups attached to an aromatic ring is 1. The molecule has 0 saturated carbocycles. The lowest BCUT2D eigenvalue weighted by molar-refractivity contribution is 0.102. The van der Waals surface area contributed by atoms with Crippen LogP contribution >= 0.6 is 11.3 Å². The fourth-order valence-electron chi connectivity index (χ4n) is 3.07. The molecule has 0 atom stereocenters. The Morgan fingerprint density at radius 3 is 2.81 bits per heavy atom. The third-order valence-corrected chi connectivity index (χ3v) is 5.45. The lowest BCUT2D eigenvalue weighted by Crippen LogP contribution is -2.15. The number of thiophene rings is 1. The predicted octanol–water partition coefficient (Wildman–Crippen LogP) is 3.45. The second-order valence-corrected chi connectivity index (χ2v) is 7.33. The van der Waals surface area contributed by atoms with E-state index in [1.807, 2.05) is 38.1 Å². The number of carbonyl (C=O) groups excluding carboxylic acids is 1. The summed E-state index contributed by atoms with van der Waals surface area (Å²) in [4.78, 5) is 27.5. The molecule has 3 aromatic heterocycles. The number of hydrogen-bond acceptors (Lipinski definition) is 7. The molecule has 27 heavy (non-hydrogen) atoms. The number of hydrogen-bond donors (Lipinski definition) is 2. The van der Waals surface area contributed by atoms with E-state index in [4.69, 9.17) is 5.73 Å². The van der Waals surface area contributed by atoms with Gasteiger partial charge in [0, 0.05) is 36.4 Å². The molecule has 0 radical (unpaired) electrons. The first-order chi connectivity index (χ1) is 13.0. The van der Waals surface area contributed by atoms with Crippen molar-refractivity contribution in [1.82, 2.24) is 15.0 Å². The molecule has 0 aliphatic carbocycles. The van der Waals surface area contributed by atoms with Gasteiger partial charge in [0.2, 0.25) is 0 Å². The standard InChI is InChI=1S/C19H18N6OS/c1-10-4-5-11-6-21-7-13(25(2)3)14(11)15(10)24-19(26)12-8-27-17-16(12)22-9-23-18(17)20/h4-9H,1-3H3,(H,24,26)(H2,20,22,23). The van der Waals surface area contributed by atoms with Gasteiger partial charge in [0.1, 0.15) is 12.1 Å². The summed E-state index contributed by atoms with van der Waals surface area (Å²) < 4.78 is 0.718. The molecule has 0 aliphatic heterocycles. The number of benzene rings is 1. The number of aromatic nitrogens is 3. The highest BCUT2D eigenvalue weighted by atomic mass is 32.1. The monoisotopic (exact) mass is 378 g/mol. The van der Waals surface area contributed by atoms with Crippen LogP contribution in [0.2, 0.25) is 0 Å². The van der Waals surface area contributed by atoms with Gasteiger partial charge in [-0.05, 0) is 12.5 Å². The van der Waals surface area contributed by atoms with Crippen molar-refractivity contribution in [3.63, 3.8) is 0 Å². The number of anilines is 3. The van der Waals surface area contributed by atoms with Crippen molar-refractivity contribution >= 4 is 55.4 Å². The minimum atomic E-state index is -0.225. The molecule has 1 amide bonds. The predicted molar refractivity (Wildman–Crippen MR) is 111 cm³/mol. The molecule has 0 saturated heterocycles. The van der Waals surface area contributed by atoms with Crippen molar-refractivity contribution in [3.8, 4) is 0 Å². The SMILES string of the molecule is Cc1ccc2cncc(N(C)C)c2c1NC(=O)c1csc2c(N)ncnc12. The van der Waals surface area contributed by atoms with Gasteiger partial charge < -0.3 is 16.0 Å². The molecule has 136 valence electrons. The Hall–Kier alpha value is -3.26. The number of nitrogens with one attached hydrogen (secondary N) is 1. The summed E-state index contributed by atoms with van der Waals surface area (Å²) in [7, 11) is 3.91. The summed E-state index contributed by atoms with van der Waals surface area (Å²) in [5.74, 6) is 0.155. The summed E-state index contributed by atoms with van der Waals surface area (Å²) >= 11 is 1.37. The molecule has 7 nitrogen and oxygen atoms in total. The third kappa shape index (κ3) is 2.83.